The fourth-order valence-corrected chi connectivity index (χ4v) is 4.38. The molecule has 1 atom stereocenters. The van der Waals surface area contributed by atoms with Crippen molar-refractivity contribution < 1.29 is 28.2 Å². The third-order valence-electron chi connectivity index (χ3n) is 5.63. The molecule has 4 rings (SSSR count). The molecular weight excluding hydrogens is 427 g/mol. The SMILES string of the molecule is COCCN1C(=O)c2ccccc2N2C(=O)CC[C@@]12C(=O)OCc1c(F)cccc1Cl. The Morgan fingerprint density at radius 3 is 2.71 bits per heavy atom. The minimum atomic E-state index is -1.67. The molecule has 2 heterocycles. The van der Waals surface area contributed by atoms with E-state index in [1.54, 1.807) is 24.3 Å². The van der Waals surface area contributed by atoms with Crippen LogP contribution in [0.15, 0.2) is 42.5 Å². The number of amides is 2. The quantitative estimate of drug-likeness (QED) is 0.637. The van der Waals surface area contributed by atoms with Crippen LogP contribution in [-0.2, 0) is 25.7 Å². The van der Waals surface area contributed by atoms with Crippen LogP contribution in [0.25, 0.3) is 0 Å². The van der Waals surface area contributed by atoms with Gasteiger partial charge >= 0.3 is 5.97 Å². The van der Waals surface area contributed by atoms with E-state index in [0.29, 0.717) is 11.3 Å². The summed E-state index contributed by atoms with van der Waals surface area (Å²) in [4.78, 5) is 42.3. The molecule has 0 unspecified atom stereocenters. The van der Waals surface area contributed by atoms with Gasteiger partial charge in [0, 0.05) is 32.1 Å². The monoisotopic (exact) mass is 446 g/mol. The van der Waals surface area contributed by atoms with E-state index in [1.165, 1.54) is 35.1 Å². The van der Waals surface area contributed by atoms with Gasteiger partial charge in [-0.25, -0.2) is 9.18 Å². The molecule has 31 heavy (non-hydrogen) atoms. The lowest BCUT2D eigenvalue weighted by molar-refractivity contribution is -0.159. The average Bonchev–Trinajstić information content (AvgIpc) is 3.11. The molecule has 0 radical (unpaired) electrons. The Morgan fingerprint density at radius 2 is 1.97 bits per heavy atom. The summed E-state index contributed by atoms with van der Waals surface area (Å²) in [7, 11) is 1.48. The van der Waals surface area contributed by atoms with Crippen molar-refractivity contribution in [1.29, 1.82) is 0 Å². The highest BCUT2D eigenvalue weighted by Gasteiger charge is 2.61. The van der Waals surface area contributed by atoms with Crippen LogP contribution in [-0.4, -0.2) is 48.6 Å². The van der Waals surface area contributed by atoms with Gasteiger partial charge in [0.25, 0.3) is 5.91 Å². The van der Waals surface area contributed by atoms with Crippen LogP contribution in [0.2, 0.25) is 5.02 Å². The highest BCUT2D eigenvalue weighted by atomic mass is 35.5. The summed E-state index contributed by atoms with van der Waals surface area (Å²) in [6, 6.07) is 10.8. The molecule has 1 saturated heterocycles. The predicted molar refractivity (Wildman–Crippen MR) is 110 cm³/mol. The molecule has 2 amide bonds. The number of hydrogen-bond donors (Lipinski definition) is 0. The predicted octanol–water partition coefficient (Wildman–Crippen LogP) is 3.15. The van der Waals surface area contributed by atoms with Gasteiger partial charge < -0.3 is 14.4 Å². The minimum absolute atomic E-state index is 0.0239. The zero-order chi connectivity index (χ0) is 22.2. The standard InChI is InChI=1S/C22H20ClFN2O5/c1-30-12-11-25-20(28)14-5-2-3-8-18(14)26-19(27)9-10-22(25,26)21(29)31-13-15-16(23)6-4-7-17(15)24/h2-8H,9-13H2,1H3/t22-/m1/s1. The summed E-state index contributed by atoms with van der Waals surface area (Å²) in [5, 5.41) is 0.117. The number of halogens is 2. The summed E-state index contributed by atoms with van der Waals surface area (Å²) in [6.07, 6.45) is 0.111. The van der Waals surface area contributed by atoms with Gasteiger partial charge in [0.2, 0.25) is 11.6 Å². The zero-order valence-electron chi connectivity index (χ0n) is 16.8. The van der Waals surface area contributed by atoms with Crippen LogP contribution >= 0.6 is 11.6 Å². The van der Waals surface area contributed by atoms with Gasteiger partial charge in [0.15, 0.2) is 0 Å². The second-order valence-corrected chi connectivity index (χ2v) is 7.70. The fourth-order valence-electron chi connectivity index (χ4n) is 4.16. The molecule has 2 aromatic rings. The lowest BCUT2D eigenvalue weighted by Crippen LogP contribution is -2.68. The first-order valence-electron chi connectivity index (χ1n) is 9.75. The van der Waals surface area contributed by atoms with Gasteiger partial charge in [-0.15, -0.1) is 0 Å². The summed E-state index contributed by atoms with van der Waals surface area (Å²) >= 11 is 6.04. The van der Waals surface area contributed by atoms with Crippen LogP contribution < -0.4 is 4.90 Å². The van der Waals surface area contributed by atoms with E-state index in [0.717, 1.165) is 0 Å². The van der Waals surface area contributed by atoms with Crippen molar-refractivity contribution in [2.24, 2.45) is 0 Å². The number of nitrogens with zero attached hydrogens (tertiary/aromatic N) is 2. The molecule has 0 saturated carbocycles. The smallest absolute Gasteiger partial charge is 0.354 e. The number of benzene rings is 2. The molecule has 2 aliphatic heterocycles. The number of anilines is 1. The Balaban J connectivity index is 1.75. The van der Waals surface area contributed by atoms with E-state index in [4.69, 9.17) is 21.1 Å². The summed E-state index contributed by atoms with van der Waals surface area (Å²) in [5.41, 5.74) is -0.978. The van der Waals surface area contributed by atoms with Gasteiger partial charge in [0.05, 0.1) is 22.9 Å². The Morgan fingerprint density at radius 1 is 1.19 bits per heavy atom. The maximum Gasteiger partial charge on any atom is 0.354 e. The van der Waals surface area contributed by atoms with Crippen molar-refractivity contribution in [3.05, 3.63) is 64.4 Å². The summed E-state index contributed by atoms with van der Waals surface area (Å²) in [6.45, 7) is -0.199. The maximum absolute atomic E-state index is 14.2. The van der Waals surface area contributed by atoms with E-state index < -0.39 is 30.0 Å². The van der Waals surface area contributed by atoms with Crippen LogP contribution in [0.1, 0.15) is 28.8 Å². The lowest BCUT2D eigenvalue weighted by atomic mass is 9.96. The molecule has 0 spiro atoms. The molecule has 0 N–H and O–H groups in total. The first kappa shape index (κ1) is 21.3. The van der Waals surface area contributed by atoms with Crippen LogP contribution in [0.3, 0.4) is 0 Å². The van der Waals surface area contributed by atoms with E-state index in [-0.39, 0.29) is 42.5 Å². The van der Waals surface area contributed by atoms with Crippen molar-refractivity contribution in [3.63, 3.8) is 0 Å². The normalized spacial score (nSPS) is 20.0. The highest BCUT2D eigenvalue weighted by molar-refractivity contribution is 6.31. The lowest BCUT2D eigenvalue weighted by Gasteiger charge is -2.48. The second kappa shape index (κ2) is 8.28. The van der Waals surface area contributed by atoms with Crippen molar-refractivity contribution >= 4 is 35.1 Å². The molecule has 2 aromatic carbocycles. The number of ether oxygens (including phenoxy) is 2. The first-order chi connectivity index (χ1) is 14.9. The Hall–Kier alpha value is -2.97. The fraction of sp³-hybridized carbons (Fsp3) is 0.318. The van der Waals surface area contributed by atoms with E-state index in [9.17, 15) is 18.8 Å². The van der Waals surface area contributed by atoms with Crippen LogP contribution in [0.5, 0.6) is 0 Å². The van der Waals surface area contributed by atoms with Gasteiger partial charge in [-0.3, -0.25) is 14.5 Å². The number of rotatable bonds is 6. The van der Waals surface area contributed by atoms with E-state index in [1.807, 2.05) is 0 Å². The number of fused-ring (bicyclic) bond motifs is 3. The number of hydrogen-bond acceptors (Lipinski definition) is 5. The van der Waals surface area contributed by atoms with Gasteiger partial charge in [-0.1, -0.05) is 29.8 Å². The Bertz CT molecular complexity index is 1040. The van der Waals surface area contributed by atoms with Crippen LogP contribution in [0, 0.1) is 5.82 Å². The largest absolute Gasteiger partial charge is 0.457 e. The molecular formula is C22H20ClFN2O5. The molecule has 1 fully saturated rings. The number of carbonyl (C=O) groups excluding carboxylic acids is 3. The van der Waals surface area contributed by atoms with Crippen molar-refractivity contribution in [2.45, 2.75) is 25.1 Å². The third-order valence-corrected chi connectivity index (χ3v) is 5.98. The van der Waals surface area contributed by atoms with Gasteiger partial charge in [-0.05, 0) is 24.3 Å². The molecule has 9 heteroatoms. The molecule has 0 aromatic heterocycles. The first-order valence-corrected chi connectivity index (χ1v) is 10.1. The van der Waals surface area contributed by atoms with Crippen molar-refractivity contribution in [2.75, 3.05) is 25.2 Å². The molecule has 162 valence electrons. The number of methoxy groups -OCH3 is 1. The van der Waals surface area contributed by atoms with Gasteiger partial charge in [-0.2, -0.15) is 0 Å². The number of esters is 1. The highest BCUT2D eigenvalue weighted by Crippen LogP contribution is 2.45. The van der Waals surface area contributed by atoms with Gasteiger partial charge in [0.1, 0.15) is 12.4 Å². The number of para-hydroxylation sites is 1. The molecule has 0 bridgehead atoms. The topological polar surface area (TPSA) is 76.2 Å². The molecule has 0 aliphatic carbocycles. The Labute approximate surface area is 183 Å². The minimum Gasteiger partial charge on any atom is -0.457 e. The summed E-state index contributed by atoms with van der Waals surface area (Å²) in [5.74, 6) is -2.14. The molecule has 2 aliphatic rings. The maximum atomic E-state index is 14.2. The average molecular weight is 447 g/mol. The van der Waals surface area contributed by atoms with Crippen molar-refractivity contribution in [1.82, 2.24) is 4.90 Å². The van der Waals surface area contributed by atoms with E-state index in [2.05, 4.69) is 0 Å². The zero-order valence-corrected chi connectivity index (χ0v) is 17.5. The van der Waals surface area contributed by atoms with E-state index >= 15 is 0 Å². The molecule has 7 nitrogen and oxygen atoms in total. The summed E-state index contributed by atoms with van der Waals surface area (Å²) < 4.78 is 24.7. The van der Waals surface area contributed by atoms with Crippen LogP contribution in [0.4, 0.5) is 10.1 Å². The number of carbonyl (C=O) groups is 3. The second-order valence-electron chi connectivity index (χ2n) is 7.29. The Kier molecular flexibility index (Phi) is 5.68. The van der Waals surface area contributed by atoms with Crippen molar-refractivity contribution in [3.8, 4) is 0 Å². The third kappa shape index (κ3) is 3.36.